The van der Waals surface area contributed by atoms with E-state index in [2.05, 4.69) is 49.0 Å². The van der Waals surface area contributed by atoms with Crippen molar-refractivity contribution in [1.82, 2.24) is 19.6 Å². The quantitative estimate of drug-likeness (QED) is 0.444. The van der Waals surface area contributed by atoms with Crippen LogP contribution in [0.2, 0.25) is 0 Å². The topological polar surface area (TPSA) is 144 Å². The molecule has 2 saturated heterocycles. The van der Waals surface area contributed by atoms with Crippen molar-refractivity contribution in [3.63, 3.8) is 0 Å². The fourth-order valence-electron chi connectivity index (χ4n) is 4.23. The van der Waals surface area contributed by atoms with E-state index in [9.17, 15) is 15.2 Å². The predicted octanol–water partition coefficient (Wildman–Crippen LogP) is 2.06. The third-order valence-corrected chi connectivity index (χ3v) is 6.25. The van der Waals surface area contributed by atoms with Gasteiger partial charge >= 0.3 is 5.97 Å². The largest absolute Gasteiger partial charge is 0.479 e. The lowest BCUT2D eigenvalue weighted by Gasteiger charge is -2.27. The number of halogens is 1. The fraction of sp³-hybridized carbons (Fsp3) is 0.381. The molecular formula is C21H19IN6O5. The molecule has 0 aliphatic carbocycles. The molecule has 2 aliphatic heterocycles. The van der Waals surface area contributed by atoms with E-state index in [0.29, 0.717) is 18.0 Å². The summed E-state index contributed by atoms with van der Waals surface area (Å²) in [6, 6.07) is 10.1. The lowest BCUT2D eigenvalue weighted by Crippen LogP contribution is -2.40. The second-order valence-electron chi connectivity index (χ2n) is 8.22. The Labute approximate surface area is 201 Å². The maximum atomic E-state index is 11.9. The van der Waals surface area contributed by atoms with Gasteiger partial charge in [0.05, 0.1) is 6.20 Å². The summed E-state index contributed by atoms with van der Waals surface area (Å²) in [6.45, 7) is 3.83. The van der Waals surface area contributed by atoms with Gasteiger partial charge in [-0.15, -0.1) is 0 Å². The highest BCUT2D eigenvalue weighted by atomic mass is 127. The Balaban J connectivity index is 1.54. The molecule has 2 aliphatic rings. The molecule has 11 nitrogen and oxygen atoms in total. The Kier molecular flexibility index (Phi) is 5.24. The Hall–Kier alpha value is -2.86. The number of nitrogens with one attached hydrogen (secondary N) is 1. The molecule has 4 atom stereocenters. The van der Waals surface area contributed by atoms with Crippen molar-refractivity contribution in [3.05, 3.63) is 51.6 Å². The van der Waals surface area contributed by atoms with Crippen molar-refractivity contribution >= 4 is 40.0 Å². The standard InChI is InChI=1S/C21H19IN6O5/c1-20(2)31-14-15(19(29)30)32-21(9-23,16(14)33-20)13-8-25-18-17(26-10-27-28(13)18)24-7-11-4-3-5-12(22)6-11/h3-6,8,10,14-16H,7H2,1-2H3,(H,29,30)(H,24,26,27)/t14-,15+,16-,21+/m1/s1. The third-order valence-electron chi connectivity index (χ3n) is 5.58. The number of anilines is 1. The number of fused-ring (bicyclic) bond motifs is 2. The van der Waals surface area contributed by atoms with Crippen molar-refractivity contribution in [2.75, 3.05) is 5.32 Å². The minimum Gasteiger partial charge on any atom is -0.479 e. The Bertz CT molecular complexity index is 1290. The SMILES string of the molecule is CC1(C)O[C@@H]2[C@@H](C(=O)O)O[C@@](C#N)(c3cnc4c(NCc5cccc(I)c5)ncnn34)[C@@H]2O1. The van der Waals surface area contributed by atoms with Gasteiger partial charge in [-0.25, -0.2) is 19.3 Å². The van der Waals surface area contributed by atoms with Crippen LogP contribution in [0.5, 0.6) is 0 Å². The van der Waals surface area contributed by atoms with Crippen LogP contribution in [-0.2, 0) is 31.2 Å². The van der Waals surface area contributed by atoms with Crippen LogP contribution in [-0.4, -0.2) is 54.8 Å². The third kappa shape index (κ3) is 3.61. The van der Waals surface area contributed by atoms with Crippen LogP contribution in [0.4, 0.5) is 5.82 Å². The molecule has 170 valence electrons. The van der Waals surface area contributed by atoms with Gasteiger partial charge in [0, 0.05) is 10.1 Å². The van der Waals surface area contributed by atoms with Crippen LogP contribution in [0.15, 0.2) is 36.8 Å². The summed E-state index contributed by atoms with van der Waals surface area (Å²) >= 11 is 2.25. The van der Waals surface area contributed by atoms with Crippen molar-refractivity contribution in [2.24, 2.45) is 0 Å². The number of carboxylic acid groups (broad SMARTS) is 1. The number of aliphatic carboxylic acids is 1. The molecule has 0 spiro atoms. The van der Waals surface area contributed by atoms with Gasteiger partial charge in [0.25, 0.3) is 0 Å². The monoisotopic (exact) mass is 562 g/mol. The summed E-state index contributed by atoms with van der Waals surface area (Å²) in [5.41, 5.74) is -0.129. The maximum Gasteiger partial charge on any atom is 0.335 e. The van der Waals surface area contributed by atoms with Gasteiger partial charge in [-0.2, -0.15) is 10.4 Å². The number of aromatic nitrogens is 4. The van der Waals surface area contributed by atoms with Crippen molar-refractivity contribution in [1.29, 1.82) is 5.26 Å². The molecule has 4 heterocycles. The summed E-state index contributed by atoms with van der Waals surface area (Å²) in [5, 5.41) is 27.4. The molecule has 0 radical (unpaired) electrons. The average Bonchev–Trinajstić information content (AvgIpc) is 3.42. The number of imidazole rings is 1. The first kappa shape index (κ1) is 22.0. The highest BCUT2D eigenvalue weighted by Crippen LogP contribution is 2.49. The zero-order chi connectivity index (χ0) is 23.4. The van der Waals surface area contributed by atoms with E-state index in [0.717, 1.165) is 9.13 Å². The van der Waals surface area contributed by atoms with Gasteiger partial charge in [-0.05, 0) is 54.1 Å². The summed E-state index contributed by atoms with van der Waals surface area (Å²) < 4.78 is 20.1. The number of nitriles is 1. The summed E-state index contributed by atoms with van der Waals surface area (Å²) in [6.07, 6.45) is -0.585. The molecule has 2 fully saturated rings. The van der Waals surface area contributed by atoms with E-state index in [-0.39, 0.29) is 5.69 Å². The van der Waals surface area contributed by atoms with Gasteiger partial charge in [-0.3, -0.25) is 0 Å². The lowest BCUT2D eigenvalue weighted by molar-refractivity contribution is -0.206. The molecule has 33 heavy (non-hydrogen) atoms. The highest BCUT2D eigenvalue weighted by molar-refractivity contribution is 14.1. The number of carboxylic acids is 1. The number of benzene rings is 1. The minimum absolute atomic E-state index is 0.236. The predicted molar refractivity (Wildman–Crippen MR) is 121 cm³/mol. The molecular weight excluding hydrogens is 543 g/mol. The highest BCUT2D eigenvalue weighted by Gasteiger charge is 2.67. The van der Waals surface area contributed by atoms with E-state index in [1.54, 1.807) is 13.8 Å². The van der Waals surface area contributed by atoms with E-state index >= 15 is 0 Å². The second-order valence-corrected chi connectivity index (χ2v) is 9.46. The zero-order valence-corrected chi connectivity index (χ0v) is 19.8. The van der Waals surface area contributed by atoms with Crippen LogP contribution < -0.4 is 5.32 Å². The van der Waals surface area contributed by atoms with E-state index in [4.69, 9.17) is 14.2 Å². The van der Waals surface area contributed by atoms with Gasteiger partial charge in [0.1, 0.15) is 30.3 Å². The van der Waals surface area contributed by atoms with E-state index in [1.165, 1.54) is 17.0 Å². The van der Waals surface area contributed by atoms with Crippen LogP contribution in [0.25, 0.3) is 5.65 Å². The molecule has 2 N–H and O–H groups in total. The first-order chi connectivity index (χ1) is 15.7. The normalized spacial score (nSPS) is 27.9. The number of hydrogen-bond acceptors (Lipinski definition) is 9. The molecule has 1 aromatic carbocycles. The van der Waals surface area contributed by atoms with Crippen molar-refractivity contribution in [2.45, 2.75) is 50.1 Å². The first-order valence-corrected chi connectivity index (χ1v) is 11.2. The first-order valence-electron chi connectivity index (χ1n) is 10.1. The van der Waals surface area contributed by atoms with Crippen LogP contribution in [0.3, 0.4) is 0 Å². The average molecular weight is 562 g/mol. The lowest BCUT2D eigenvalue weighted by atomic mass is 9.93. The smallest absolute Gasteiger partial charge is 0.335 e. The molecule has 12 heteroatoms. The van der Waals surface area contributed by atoms with Gasteiger partial charge in [-0.1, -0.05) is 12.1 Å². The van der Waals surface area contributed by atoms with Crippen LogP contribution >= 0.6 is 22.6 Å². The molecule has 0 unspecified atom stereocenters. The fourth-order valence-corrected chi connectivity index (χ4v) is 4.84. The van der Waals surface area contributed by atoms with Crippen molar-refractivity contribution in [3.8, 4) is 6.07 Å². The molecule has 0 saturated carbocycles. The molecule has 2 aromatic heterocycles. The summed E-state index contributed by atoms with van der Waals surface area (Å²) in [4.78, 5) is 20.6. The molecule has 0 amide bonds. The Morgan fingerprint density at radius 2 is 2.15 bits per heavy atom. The van der Waals surface area contributed by atoms with Crippen LogP contribution in [0, 0.1) is 14.9 Å². The maximum absolute atomic E-state index is 11.9. The number of hydrogen-bond donors (Lipinski definition) is 2. The van der Waals surface area contributed by atoms with Gasteiger partial charge in [0.15, 0.2) is 23.4 Å². The Morgan fingerprint density at radius 1 is 1.33 bits per heavy atom. The summed E-state index contributed by atoms with van der Waals surface area (Å²) in [5.74, 6) is -1.87. The molecule has 0 bridgehead atoms. The number of carbonyl (C=O) groups is 1. The number of nitrogens with zero attached hydrogens (tertiary/aromatic N) is 5. The number of ether oxygens (including phenoxy) is 3. The molecule has 5 rings (SSSR count). The summed E-state index contributed by atoms with van der Waals surface area (Å²) in [7, 11) is 0. The van der Waals surface area contributed by atoms with Crippen LogP contribution in [0.1, 0.15) is 25.1 Å². The van der Waals surface area contributed by atoms with Gasteiger partial charge < -0.3 is 24.6 Å². The van der Waals surface area contributed by atoms with Gasteiger partial charge in [0.2, 0.25) is 5.60 Å². The zero-order valence-electron chi connectivity index (χ0n) is 17.6. The minimum atomic E-state index is -1.79. The Morgan fingerprint density at radius 3 is 2.88 bits per heavy atom. The second kappa shape index (κ2) is 7.87. The van der Waals surface area contributed by atoms with E-state index in [1.807, 2.05) is 24.3 Å². The van der Waals surface area contributed by atoms with E-state index < -0.39 is 35.7 Å². The molecule has 3 aromatic rings. The number of rotatable bonds is 5. The van der Waals surface area contributed by atoms with Crippen molar-refractivity contribution < 1.29 is 24.1 Å².